The molecule has 76 valence electrons. The summed E-state index contributed by atoms with van der Waals surface area (Å²) in [6, 6.07) is 14.5. The monoisotopic (exact) mass is 310 g/mol. The average Bonchev–Trinajstić information content (AvgIpc) is 2.30. The van der Waals surface area contributed by atoms with Crippen LogP contribution in [0.15, 0.2) is 42.5 Å². The summed E-state index contributed by atoms with van der Waals surface area (Å²) in [4.78, 5) is 0. The summed E-state index contributed by atoms with van der Waals surface area (Å²) in [5.74, 6) is 0. The van der Waals surface area contributed by atoms with Gasteiger partial charge < -0.3 is 0 Å². The highest BCUT2D eigenvalue weighted by molar-refractivity contribution is 14.1. The summed E-state index contributed by atoms with van der Waals surface area (Å²) in [6.45, 7) is 0. The molecule has 1 aromatic heterocycles. The van der Waals surface area contributed by atoms with Crippen molar-refractivity contribution in [3.63, 3.8) is 0 Å². The molecule has 2 nitrogen and oxygen atoms in total. The molecule has 2 rings (SSSR count). The summed E-state index contributed by atoms with van der Waals surface area (Å²) in [5, 5.41) is 8.16. The predicted molar refractivity (Wildman–Crippen MR) is 68.6 cm³/mol. The number of aromatic nitrogens is 2. The van der Waals surface area contributed by atoms with Gasteiger partial charge in [-0.3, -0.25) is 0 Å². The SMILES string of the molecule is Ic1ccc(CCc2ccccc2)nn1. The number of rotatable bonds is 3. The minimum absolute atomic E-state index is 0.941. The first-order valence-electron chi connectivity index (χ1n) is 4.86. The summed E-state index contributed by atoms with van der Waals surface area (Å²) in [6.07, 6.45) is 1.98. The number of hydrogen-bond acceptors (Lipinski definition) is 2. The summed E-state index contributed by atoms with van der Waals surface area (Å²) in [5.41, 5.74) is 2.40. The van der Waals surface area contributed by atoms with E-state index in [4.69, 9.17) is 0 Å². The van der Waals surface area contributed by atoms with E-state index in [-0.39, 0.29) is 0 Å². The molecule has 2 aromatic rings. The Hall–Kier alpha value is -0.970. The maximum Gasteiger partial charge on any atom is 0.124 e. The molecule has 15 heavy (non-hydrogen) atoms. The second-order valence-corrected chi connectivity index (χ2v) is 4.44. The van der Waals surface area contributed by atoms with Crippen molar-refractivity contribution < 1.29 is 0 Å². The lowest BCUT2D eigenvalue weighted by Gasteiger charge is -2.00. The van der Waals surface area contributed by atoms with Crippen LogP contribution in [0.4, 0.5) is 0 Å². The van der Waals surface area contributed by atoms with Crippen LogP contribution in [-0.2, 0) is 12.8 Å². The van der Waals surface area contributed by atoms with Crippen molar-refractivity contribution >= 4 is 22.6 Å². The third-order valence-electron chi connectivity index (χ3n) is 2.20. The summed E-state index contributed by atoms with van der Waals surface area (Å²) < 4.78 is 0.941. The zero-order valence-electron chi connectivity index (χ0n) is 8.23. The third kappa shape index (κ3) is 3.27. The van der Waals surface area contributed by atoms with E-state index in [0.717, 1.165) is 22.2 Å². The van der Waals surface area contributed by atoms with Gasteiger partial charge in [0.15, 0.2) is 0 Å². The van der Waals surface area contributed by atoms with Crippen LogP contribution in [0.25, 0.3) is 0 Å². The van der Waals surface area contributed by atoms with Gasteiger partial charge in [-0.25, -0.2) is 0 Å². The molecule has 3 heteroatoms. The molecule has 0 saturated carbocycles. The van der Waals surface area contributed by atoms with Crippen LogP contribution in [0.3, 0.4) is 0 Å². The molecule has 0 bridgehead atoms. The quantitative estimate of drug-likeness (QED) is 0.815. The molecule has 0 radical (unpaired) electrons. The van der Waals surface area contributed by atoms with Gasteiger partial charge in [0.25, 0.3) is 0 Å². The maximum atomic E-state index is 4.14. The van der Waals surface area contributed by atoms with Crippen molar-refractivity contribution in [3.8, 4) is 0 Å². The van der Waals surface area contributed by atoms with Crippen LogP contribution >= 0.6 is 22.6 Å². The van der Waals surface area contributed by atoms with Crippen molar-refractivity contribution in [2.45, 2.75) is 12.8 Å². The lowest BCUT2D eigenvalue weighted by Crippen LogP contribution is -1.96. The van der Waals surface area contributed by atoms with Crippen molar-refractivity contribution in [1.29, 1.82) is 0 Å². The van der Waals surface area contributed by atoms with Crippen molar-refractivity contribution in [2.75, 3.05) is 0 Å². The van der Waals surface area contributed by atoms with Gasteiger partial charge in [0.2, 0.25) is 0 Å². The van der Waals surface area contributed by atoms with Crippen LogP contribution in [0, 0.1) is 3.70 Å². The molecule has 0 aliphatic heterocycles. The van der Waals surface area contributed by atoms with Gasteiger partial charge in [-0.15, -0.1) is 5.10 Å². The number of hydrogen-bond donors (Lipinski definition) is 0. The van der Waals surface area contributed by atoms with Crippen molar-refractivity contribution in [2.24, 2.45) is 0 Å². The second kappa shape index (κ2) is 5.21. The Morgan fingerprint density at radius 3 is 2.33 bits per heavy atom. The lowest BCUT2D eigenvalue weighted by molar-refractivity contribution is 0.850. The van der Waals surface area contributed by atoms with Gasteiger partial charge in [-0.2, -0.15) is 5.10 Å². The minimum atomic E-state index is 0.941. The normalized spacial score (nSPS) is 10.2. The van der Waals surface area contributed by atoms with Crippen molar-refractivity contribution in [1.82, 2.24) is 10.2 Å². The fourth-order valence-corrected chi connectivity index (χ4v) is 1.68. The van der Waals surface area contributed by atoms with E-state index in [1.54, 1.807) is 0 Å². The molecule has 0 atom stereocenters. The molecule has 0 fully saturated rings. The molecule has 0 saturated heterocycles. The van der Waals surface area contributed by atoms with Crippen LogP contribution in [0.1, 0.15) is 11.3 Å². The molecule has 0 N–H and O–H groups in total. The summed E-state index contributed by atoms with van der Waals surface area (Å²) >= 11 is 2.16. The molecule has 1 heterocycles. The first kappa shape index (κ1) is 10.5. The molecule has 1 aromatic carbocycles. The van der Waals surface area contributed by atoms with E-state index in [1.807, 2.05) is 18.2 Å². The minimum Gasteiger partial charge on any atom is -0.155 e. The number of nitrogens with zero attached hydrogens (tertiary/aromatic N) is 2. The first-order chi connectivity index (χ1) is 7.34. The fraction of sp³-hybridized carbons (Fsp3) is 0.167. The largest absolute Gasteiger partial charge is 0.155 e. The van der Waals surface area contributed by atoms with Crippen LogP contribution in [-0.4, -0.2) is 10.2 Å². The molecular weight excluding hydrogens is 299 g/mol. The van der Waals surface area contributed by atoms with Gasteiger partial charge in [0.05, 0.1) is 5.69 Å². The topological polar surface area (TPSA) is 25.8 Å². The molecule has 0 aliphatic rings. The average molecular weight is 310 g/mol. The van der Waals surface area contributed by atoms with Crippen LogP contribution in [0.5, 0.6) is 0 Å². The summed E-state index contributed by atoms with van der Waals surface area (Å²) in [7, 11) is 0. The predicted octanol–water partition coefficient (Wildman–Crippen LogP) is 2.87. The maximum absolute atomic E-state index is 4.14. The first-order valence-corrected chi connectivity index (χ1v) is 5.94. The number of aryl methyl sites for hydroxylation is 2. The number of benzene rings is 1. The zero-order valence-corrected chi connectivity index (χ0v) is 10.4. The molecule has 0 spiro atoms. The van der Waals surface area contributed by atoms with E-state index in [1.165, 1.54) is 5.56 Å². The highest BCUT2D eigenvalue weighted by atomic mass is 127. The van der Waals surface area contributed by atoms with E-state index in [9.17, 15) is 0 Å². The molecule has 0 amide bonds. The molecule has 0 unspecified atom stereocenters. The van der Waals surface area contributed by atoms with Gasteiger partial charge in [0, 0.05) is 0 Å². The lowest BCUT2D eigenvalue weighted by atomic mass is 10.1. The zero-order chi connectivity index (χ0) is 10.5. The van der Waals surface area contributed by atoms with Crippen LogP contribution in [0.2, 0.25) is 0 Å². The van der Waals surface area contributed by atoms with Gasteiger partial charge in [-0.1, -0.05) is 30.3 Å². The highest BCUT2D eigenvalue weighted by Gasteiger charge is 1.97. The van der Waals surface area contributed by atoms with E-state index in [2.05, 4.69) is 57.1 Å². The van der Waals surface area contributed by atoms with E-state index >= 15 is 0 Å². The number of halogens is 1. The standard InChI is InChI=1S/C12H11IN2/c13-12-9-8-11(14-15-12)7-6-10-4-2-1-3-5-10/h1-5,8-9H,6-7H2. The Morgan fingerprint density at radius 2 is 1.67 bits per heavy atom. The van der Waals surface area contributed by atoms with Gasteiger partial charge in [0.1, 0.15) is 3.70 Å². The van der Waals surface area contributed by atoms with E-state index < -0.39 is 0 Å². The Kier molecular flexibility index (Phi) is 3.66. The van der Waals surface area contributed by atoms with Crippen LogP contribution < -0.4 is 0 Å². The van der Waals surface area contributed by atoms with Crippen molar-refractivity contribution in [3.05, 3.63) is 57.4 Å². The molecule has 0 aliphatic carbocycles. The van der Waals surface area contributed by atoms with Gasteiger partial charge >= 0.3 is 0 Å². The van der Waals surface area contributed by atoms with Gasteiger partial charge in [-0.05, 0) is 53.1 Å². The second-order valence-electron chi connectivity index (χ2n) is 3.33. The highest BCUT2D eigenvalue weighted by Crippen LogP contribution is 2.05. The Morgan fingerprint density at radius 1 is 0.867 bits per heavy atom. The third-order valence-corrected chi connectivity index (χ3v) is 2.78. The van der Waals surface area contributed by atoms with E-state index in [0.29, 0.717) is 0 Å². The fourth-order valence-electron chi connectivity index (χ4n) is 1.39. The Balaban J connectivity index is 1.96. The smallest absolute Gasteiger partial charge is 0.124 e. The Bertz CT molecular complexity index is 411. The molecular formula is C12H11IN2. The Labute approximate surface area is 103 Å².